The Morgan fingerprint density at radius 1 is 1.18 bits per heavy atom. The van der Waals surface area contributed by atoms with Crippen LogP contribution >= 0.6 is 0 Å². The van der Waals surface area contributed by atoms with Crippen molar-refractivity contribution in [3.8, 4) is 0 Å². The number of aryl methyl sites for hydroxylation is 1. The maximum Gasteiger partial charge on any atom is 0.235 e. The zero-order chi connectivity index (χ0) is 16.0. The second kappa shape index (κ2) is 7.43. The third kappa shape index (κ3) is 4.09. The summed E-state index contributed by atoms with van der Waals surface area (Å²) in [6.45, 7) is 4.60. The highest BCUT2D eigenvalue weighted by Gasteiger charge is 2.56. The molecule has 120 valence electrons. The molecule has 22 heavy (non-hydrogen) atoms. The van der Waals surface area contributed by atoms with E-state index in [1.165, 1.54) is 5.56 Å². The highest BCUT2D eigenvalue weighted by molar-refractivity contribution is 6.07. The van der Waals surface area contributed by atoms with Gasteiger partial charge >= 0.3 is 0 Å². The van der Waals surface area contributed by atoms with Crippen LogP contribution in [-0.2, 0) is 16.0 Å². The Bertz CT molecular complexity index is 509. The van der Waals surface area contributed by atoms with Crippen LogP contribution in [-0.4, -0.2) is 24.4 Å². The molecule has 0 aromatic heterocycles. The monoisotopic (exact) mass is 302 g/mol. The quantitative estimate of drug-likeness (QED) is 0.572. The number of hydrogen-bond donors (Lipinski definition) is 2. The normalized spacial score (nSPS) is 16.6. The predicted molar refractivity (Wildman–Crippen MR) is 87.3 cm³/mol. The number of nitrogens with one attached hydrogen (secondary N) is 2. The molecule has 0 aliphatic heterocycles. The molecule has 1 aromatic carbocycles. The minimum absolute atomic E-state index is 0.109. The molecule has 1 aliphatic carbocycles. The van der Waals surface area contributed by atoms with E-state index in [2.05, 4.69) is 22.8 Å². The van der Waals surface area contributed by atoms with Gasteiger partial charge in [-0.2, -0.15) is 0 Å². The molecule has 4 heteroatoms. The highest BCUT2D eigenvalue weighted by Crippen LogP contribution is 2.46. The molecule has 1 aromatic rings. The summed E-state index contributed by atoms with van der Waals surface area (Å²) < 4.78 is 0. The summed E-state index contributed by atoms with van der Waals surface area (Å²) in [4.78, 5) is 24.5. The first kappa shape index (κ1) is 16.5. The Morgan fingerprint density at radius 3 is 2.45 bits per heavy atom. The molecule has 1 aliphatic rings. The van der Waals surface area contributed by atoms with Gasteiger partial charge in [0.2, 0.25) is 11.8 Å². The topological polar surface area (TPSA) is 58.2 Å². The number of carbonyl (C=O) groups excluding carboxylic acids is 2. The Morgan fingerprint density at radius 2 is 1.86 bits per heavy atom. The van der Waals surface area contributed by atoms with Crippen molar-refractivity contribution in [2.75, 3.05) is 6.54 Å². The third-order valence-corrected chi connectivity index (χ3v) is 4.38. The van der Waals surface area contributed by atoms with Crippen LogP contribution < -0.4 is 10.6 Å². The first-order chi connectivity index (χ1) is 10.6. The van der Waals surface area contributed by atoms with Crippen LogP contribution in [0.3, 0.4) is 0 Å². The number of carbonyl (C=O) groups is 2. The predicted octanol–water partition coefficient (Wildman–Crippen LogP) is 2.43. The first-order valence-corrected chi connectivity index (χ1v) is 8.21. The van der Waals surface area contributed by atoms with Crippen molar-refractivity contribution >= 4 is 11.8 Å². The molecule has 0 saturated heterocycles. The van der Waals surface area contributed by atoms with E-state index in [1.807, 2.05) is 32.0 Å². The summed E-state index contributed by atoms with van der Waals surface area (Å²) in [6, 6.07) is 10.3. The van der Waals surface area contributed by atoms with Gasteiger partial charge in [-0.25, -0.2) is 0 Å². The van der Waals surface area contributed by atoms with Gasteiger partial charge in [-0.1, -0.05) is 37.3 Å². The lowest BCUT2D eigenvalue weighted by atomic mass is 10.0. The van der Waals surface area contributed by atoms with E-state index in [0.29, 0.717) is 19.4 Å². The van der Waals surface area contributed by atoms with E-state index in [0.717, 1.165) is 19.3 Å². The highest BCUT2D eigenvalue weighted by atomic mass is 16.2. The van der Waals surface area contributed by atoms with Gasteiger partial charge in [0.25, 0.3) is 0 Å². The molecule has 0 radical (unpaired) electrons. The summed E-state index contributed by atoms with van der Waals surface area (Å²) >= 11 is 0. The van der Waals surface area contributed by atoms with Crippen LogP contribution in [0.4, 0.5) is 0 Å². The summed E-state index contributed by atoms with van der Waals surface area (Å²) in [6.07, 6.45) is 4.03. The van der Waals surface area contributed by atoms with Gasteiger partial charge < -0.3 is 10.6 Å². The average Bonchev–Trinajstić information content (AvgIpc) is 3.34. The van der Waals surface area contributed by atoms with Gasteiger partial charge in [-0.3, -0.25) is 9.59 Å². The van der Waals surface area contributed by atoms with E-state index in [9.17, 15) is 9.59 Å². The molecule has 0 bridgehead atoms. The fourth-order valence-electron chi connectivity index (χ4n) is 2.45. The lowest BCUT2D eigenvalue weighted by molar-refractivity contribution is -0.137. The molecule has 0 heterocycles. The third-order valence-electron chi connectivity index (χ3n) is 4.38. The number of rotatable bonds is 8. The van der Waals surface area contributed by atoms with E-state index < -0.39 is 5.41 Å². The van der Waals surface area contributed by atoms with Crippen LogP contribution in [0.2, 0.25) is 0 Å². The molecular weight excluding hydrogens is 276 g/mol. The van der Waals surface area contributed by atoms with Crippen molar-refractivity contribution in [1.82, 2.24) is 10.6 Å². The summed E-state index contributed by atoms with van der Waals surface area (Å²) in [5.41, 5.74) is 0.475. The van der Waals surface area contributed by atoms with Crippen LogP contribution in [0.5, 0.6) is 0 Å². The molecule has 1 saturated carbocycles. The average molecular weight is 302 g/mol. The fourth-order valence-corrected chi connectivity index (χ4v) is 2.45. The maximum atomic E-state index is 12.3. The van der Waals surface area contributed by atoms with Gasteiger partial charge in [0.05, 0.1) is 0 Å². The minimum Gasteiger partial charge on any atom is -0.355 e. The molecule has 1 fully saturated rings. The van der Waals surface area contributed by atoms with Crippen molar-refractivity contribution < 1.29 is 9.59 Å². The smallest absolute Gasteiger partial charge is 0.235 e. The molecule has 2 amide bonds. The van der Waals surface area contributed by atoms with E-state index in [1.54, 1.807) is 0 Å². The minimum atomic E-state index is -0.795. The van der Waals surface area contributed by atoms with Crippen molar-refractivity contribution in [3.63, 3.8) is 0 Å². The zero-order valence-corrected chi connectivity index (χ0v) is 13.5. The summed E-state index contributed by atoms with van der Waals surface area (Å²) in [5, 5.41) is 5.86. The van der Waals surface area contributed by atoms with E-state index >= 15 is 0 Å². The van der Waals surface area contributed by atoms with Gasteiger partial charge in [0.15, 0.2) is 0 Å². The molecule has 1 unspecified atom stereocenters. The largest absolute Gasteiger partial charge is 0.355 e. The van der Waals surface area contributed by atoms with E-state index in [4.69, 9.17) is 0 Å². The summed E-state index contributed by atoms with van der Waals surface area (Å²) in [7, 11) is 0. The lowest BCUT2D eigenvalue weighted by Crippen LogP contribution is -2.45. The van der Waals surface area contributed by atoms with Crippen LogP contribution in [0.15, 0.2) is 30.3 Å². The second-order valence-electron chi connectivity index (χ2n) is 6.21. The van der Waals surface area contributed by atoms with Gasteiger partial charge in [0, 0.05) is 12.6 Å². The summed E-state index contributed by atoms with van der Waals surface area (Å²) in [5.74, 6) is -0.219. The molecular formula is C18H26N2O2. The maximum absolute atomic E-state index is 12.3. The van der Waals surface area contributed by atoms with Gasteiger partial charge in [-0.15, -0.1) is 0 Å². The SMILES string of the molecule is CCC(C)NC(=O)C1(C(=O)NCCCc2ccccc2)CC1. The lowest BCUT2D eigenvalue weighted by Gasteiger charge is -2.18. The molecule has 2 N–H and O–H groups in total. The molecule has 2 rings (SSSR count). The fraction of sp³-hybridized carbons (Fsp3) is 0.556. The Hall–Kier alpha value is -1.84. The van der Waals surface area contributed by atoms with Crippen molar-refractivity contribution in [2.45, 2.75) is 52.0 Å². The van der Waals surface area contributed by atoms with Crippen molar-refractivity contribution in [3.05, 3.63) is 35.9 Å². The standard InChI is InChI=1S/C18H26N2O2/c1-3-14(2)20-17(22)18(11-12-18)16(21)19-13-7-10-15-8-5-4-6-9-15/h4-6,8-9,14H,3,7,10-13H2,1-2H3,(H,19,21)(H,20,22). The zero-order valence-electron chi connectivity index (χ0n) is 13.5. The Kier molecular flexibility index (Phi) is 5.58. The van der Waals surface area contributed by atoms with Gasteiger partial charge in [0.1, 0.15) is 5.41 Å². The van der Waals surface area contributed by atoms with Crippen molar-refractivity contribution in [2.24, 2.45) is 5.41 Å². The molecule has 0 spiro atoms. The van der Waals surface area contributed by atoms with E-state index in [-0.39, 0.29) is 17.9 Å². The Labute approximate surface area is 132 Å². The van der Waals surface area contributed by atoms with Crippen LogP contribution in [0.1, 0.15) is 45.1 Å². The van der Waals surface area contributed by atoms with Crippen LogP contribution in [0.25, 0.3) is 0 Å². The van der Waals surface area contributed by atoms with Crippen molar-refractivity contribution in [1.29, 1.82) is 0 Å². The number of hydrogen-bond acceptors (Lipinski definition) is 2. The van der Waals surface area contributed by atoms with Crippen LogP contribution in [0, 0.1) is 5.41 Å². The Balaban J connectivity index is 1.74. The molecule has 1 atom stereocenters. The second-order valence-corrected chi connectivity index (χ2v) is 6.21. The first-order valence-electron chi connectivity index (χ1n) is 8.21. The number of amides is 2. The van der Waals surface area contributed by atoms with Gasteiger partial charge in [-0.05, 0) is 44.6 Å². The number of benzene rings is 1. The molecule has 4 nitrogen and oxygen atoms in total.